The topological polar surface area (TPSA) is 274 Å². The summed E-state index contributed by atoms with van der Waals surface area (Å²) >= 11 is 0. The van der Waals surface area contributed by atoms with Crippen molar-refractivity contribution in [1.82, 2.24) is 30.4 Å². The summed E-state index contributed by atoms with van der Waals surface area (Å²) in [4.78, 5) is 47.2. The Morgan fingerprint density at radius 3 is 2.36 bits per heavy atom. The van der Waals surface area contributed by atoms with Gasteiger partial charge >= 0.3 is 5.97 Å². The number of nitrogens with zero attached hydrogens (tertiary/aromatic N) is 4. The third-order valence-electron chi connectivity index (χ3n) is 10.3. The van der Waals surface area contributed by atoms with Crippen molar-refractivity contribution in [2.75, 3.05) is 25.4 Å². The van der Waals surface area contributed by atoms with Gasteiger partial charge in [0.05, 0.1) is 24.1 Å². The molecule has 0 saturated carbocycles. The number of carbonyl (C=O) groups is 3. The first-order chi connectivity index (χ1) is 28.0. The van der Waals surface area contributed by atoms with Crippen molar-refractivity contribution in [3.8, 4) is 34.8 Å². The largest absolute Gasteiger partial charge is 0.508 e. The zero-order chi connectivity index (χ0) is 40.7. The molecule has 5 heterocycles. The number of amides is 2. The second kappa shape index (κ2) is 15.3. The maximum atomic E-state index is 13.3. The number of hydrogen-bond acceptors (Lipinski definition) is 15. The molecule has 1 saturated heterocycles. The van der Waals surface area contributed by atoms with E-state index in [9.17, 15) is 39.9 Å². The molecule has 298 valence electrons. The molecule has 0 aliphatic carbocycles. The molecule has 4 atom stereocenters. The lowest BCUT2D eigenvalue weighted by molar-refractivity contribution is -0.120. The smallest absolute Gasteiger partial charge is 0.340 e. The second-order valence-electron chi connectivity index (χ2n) is 13.9. The standard InChI is InChI=1S/C40H37N7O11/c41-35-32-27(46-47(36(32)45-19-44-35)38-34(53)33(52)30(18-48)57-38)5-4-14-42-31(51)6-2-1-3-13-43-37(54)20-7-10-23-26(15-20)40(58-39(23)55)24-11-8-21(49)16-28(24)56-29-17-22(50)9-12-25(29)40/h7-12,15-17,19,30,33-34,38,48-50,52-53H,1-3,6,13-14,18H2,(H,42,51)(H,43,54)(H2,41,44,45)/t30-,33-,34-,38-/m1/s1. The fraction of sp³-hybridized carbons (Fsp3) is 0.300. The number of ether oxygens (including phenoxy) is 3. The Kier molecular flexibility index (Phi) is 10.0. The summed E-state index contributed by atoms with van der Waals surface area (Å²) in [5.74, 6) is 4.86. The minimum absolute atomic E-state index is 0.00146. The second-order valence-corrected chi connectivity index (χ2v) is 13.9. The molecular formula is C40H37N7O11. The number of nitrogen functional groups attached to an aromatic ring is 1. The van der Waals surface area contributed by atoms with E-state index in [1.54, 1.807) is 24.3 Å². The first-order valence-electron chi connectivity index (χ1n) is 18.4. The van der Waals surface area contributed by atoms with Crippen LogP contribution >= 0.6 is 0 Å². The van der Waals surface area contributed by atoms with Gasteiger partial charge in [-0.3, -0.25) is 9.59 Å². The van der Waals surface area contributed by atoms with E-state index in [4.69, 9.17) is 19.9 Å². The average molecular weight is 792 g/mol. The molecule has 3 aliphatic rings. The molecule has 0 bridgehead atoms. The summed E-state index contributed by atoms with van der Waals surface area (Å²) in [7, 11) is 0. The summed E-state index contributed by atoms with van der Waals surface area (Å²) in [5, 5.41) is 60.8. The van der Waals surface area contributed by atoms with Crippen LogP contribution in [0.1, 0.15) is 75.0 Å². The van der Waals surface area contributed by atoms with Crippen molar-refractivity contribution >= 4 is 34.6 Å². The van der Waals surface area contributed by atoms with Gasteiger partial charge in [0.15, 0.2) is 17.5 Å². The first-order valence-corrected chi connectivity index (χ1v) is 18.4. The van der Waals surface area contributed by atoms with Crippen LogP contribution in [0.25, 0.3) is 11.0 Å². The number of hydrogen-bond donors (Lipinski definition) is 8. The third-order valence-corrected chi connectivity index (χ3v) is 10.3. The first kappa shape index (κ1) is 38.1. The van der Waals surface area contributed by atoms with Crippen molar-refractivity contribution in [1.29, 1.82) is 0 Å². The highest BCUT2D eigenvalue weighted by atomic mass is 16.6. The van der Waals surface area contributed by atoms with Crippen LogP contribution in [0.4, 0.5) is 5.82 Å². The minimum atomic E-state index is -1.49. The van der Waals surface area contributed by atoms with Gasteiger partial charge in [0.1, 0.15) is 59.1 Å². The van der Waals surface area contributed by atoms with Gasteiger partial charge in [0.25, 0.3) is 5.91 Å². The summed E-state index contributed by atoms with van der Waals surface area (Å²) < 4.78 is 18.9. The van der Waals surface area contributed by atoms with E-state index in [0.717, 1.165) is 0 Å². The SMILES string of the molecule is Nc1ncnc2c1c(C#CCNC(=O)CCCCCNC(=O)c1ccc3c(c1)C1(OC3=O)c3ccc(O)cc3Oc3cc(O)ccc31)nn2[C@@H]1O[C@H](CO)[C@@H](O)[C@H]1O. The number of unbranched alkanes of at least 4 members (excludes halogenated alkanes) is 2. The number of anilines is 1. The minimum Gasteiger partial charge on any atom is -0.508 e. The number of rotatable bonds is 10. The van der Waals surface area contributed by atoms with Crippen LogP contribution in [-0.2, 0) is 19.9 Å². The lowest BCUT2D eigenvalue weighted by Gasteiger charge is -2.36. The molecule has 3 aliphatic heterocycles. The van der Waals surface area contributed by atoms with Crippen LogP contribution in [0.3, 0.4) is 0 Å². The number of phenols is 2. The number of aliphatic hydroxyl groups excluding tert-OH is 3. The normalized spacial score (nSPS) is 19.7. The highest BCUT2D eigenvalue weighted by Crippen LogP contribution is 2.57. The van der Waals surface area contributed by atoms with E-state index >= 15 is 0 Å². The number of nitrogens with two attached hydrogens (primary N) is 1. The Balaban J connectivity index is 0.846. The average Bonchev–Trinajstić information content (AvgIpc) is 3.82. The highest BCUT2D eigenvalue weighted by molar-refractivity contribution is 6.00. The lowest BCUT2D eigenvalue weighted by Crippen LogP contribution is -2.33. The van der Waals surface area contributed by atoms with Gasteiger partial charge in [-0.2, -0.15) is 5.10 Å². The van der Waals surface area contributed by atoms with E-state index in [-0.39, 0.29) is 76.1 Å². The number of fused-ring (bicyclic) bond motifs is 7. The quantitative estimate of drug-likeness (QED) is 0.0565. The Hall–Kier alpha value is -6.78. The molecule has 58 heavy (non-hydrogen) atoms. The van der Waals surface area contributed by atoms with Crippen molar-refractivity contribution in [2.45, 2.75) is 55.8 Å². The maximum absolute atomic E-state index is 13.3. The predicted octanol–water partition coefficient (Wildman–Crippen LogP) is 1.46. The molecule has 0 unspecified atom stereocenters. The summed E-state index contributed by atoms with van der Waals surface area (Å²) in [5.41, 5.74) is 6.81. The van der Waals surface area contributed by atoms with E-state index in [0.29, 0.717) is 47.9 Å². The van der Waals surface area contributed by atoms with Crippen molar-refractivity contribution < 1.29 is 54.1 Å². The fourth-order valence-corrected chi connectivity index (χ4v) is 7.43. The summed E-state index contributed by atoms with van der Waals surface area (Å²) in [6, 6.07) is 13.6. The van der Waals surface area contributed by atoms with Crippen molar-refractivity contribution in [2.24, 2.45) is 0 Å². The van der Waals surface area contributed by atoms with Crippen LogP contribution in [-0.4, -0.2) is 101 Å². The van der Waals surface area contributed by atoms with Crippen molar-refractivity contribution in [3.63, 3.8) is 0 Å². The zero-order valence-corrected chi connectivity index (χ0v) is 30.6. The third kappa shape index (κ3) is 6.65. The number of aromatic nitrogens is 4. The van der Waals surface area contributed by atoms with Gasteiger partial charge in [0.2, 0.25) is 5.91 Å². The molecule has 5 aromatic rings. The van der Waals surface area contributed by atoms with Crippen LogP contribution in [0, 0.1) is 11.8 Å². The number of benzene rings is 3. The Morgan fingerprint density at radius 1 is 0.914 bits per heavy atom. The van der Waals surface area contributed by atoms with Crippen LogP contribution in [0.5, 0.6) is 23.0 Å². The van der Waals surface area contributed by atoms with E-state index in [1.807, 2.05) is 0 Å². The highest BCUT2D eigenvalue weighted by Gasteiger charge is 2.54. The molecule has 18 nitrogen and oxygen atoms in total. The maximum Gasteiger partial charge on any atom is 0.340 e. The fourth-order valence-electron chi connectivity index (χ4n) is 7.43. The van der Waals surface area contributed by atoms with Gasteiger partial charge in [-0.1, -0.05) is 12.3 Å². The van der Waals surface area contributed by atoms with Crippen LogP contribution < -0.4 is 21.1 Å². The van der Waals surface area contributed by atoms with E-state index < -0.39 is 42.7 Å². The molecule has 2 aromatic heterocycles. The molecule has 9 N–H and O–H groups in total. The van der Waals surface area contributed by atoms with E-state index in [2.05, 4.69) is 37.5 Å². The Bertz CT molecular complexity index is 2480. The zero-order valence-electron chi connectivity index (χ0n) is 30.6. The Labute approximate surface area is 329 Å². The Morgan fingerprint density at radius 2 is 1.66 bits per heavy atom. The molecule has 2 amide bonds. The molecule has 0 radical (unpaired) electrons. The van der Waals surface area contributed by atoms with Crippen molar-refractivity contribution in [3.05, 3.63) is 94.4 Å². The lowest BCUT2D eigenvalue weighted by atomic mass is 9.77. The molecule has 18 heteroatoms. The predicted molar refractivity (Wildman–Crippen MR) is 201 cm³/mol. The molecule has 8 rings (SSSR count). The number of phenolic OH excluding ortho intramolecular Hbond substituents is 2. The molecular weight excluding hydrogens is 754 g/mol. The summed E-state index contributed by atoms with van der Waals surface area (Å²) in [6.07, 6.45) is -1.71. The van der Waals surface area contributed by atoms with Gasteiger partial charge in [0, 0.05) is 47.4 Å². The number of nitrogens with one attached hydrogen (secondary N) is 2. The van der Waals surface area contributed by atoms with Gasteiger partial charge < -0.3 is 56.1 Å². The monoisotopic (exact) mass is 791 g/mol. The van der Waals surface area contributed by atoms with Gasteiger partial charge in [-0.25, -0.2) is 19.4 Å². The van der Waals surface area contributed by atoms with E-state index in [1.165, 1.54) is 41.3 Å². The number of esters is 1. The molecule has 1 fully saturated rings. The van der Waals surface area contributed by atoms with Crippen LogP contribution in [0.2, 0.25) is 0 Å². The molecule has 1 spiro atoms. The van der Waals surface area contributed by atoms with Crippen LogP contribution in [0.15, 0.2) is 60.9 Å². The van der Waals surface area contributed by atoms with Gasteiger partial charge in [-0.05, 0) is 61.2 Å². The summed E-state index contributed by atoms with van der Waals surface area (Å²) in [6.45, 7) is -0.186. The van der Waals surface area contributed by atoms with Gasteiger partial charge in [-0.15, -0.1) is 0 Å². The number of carbonyl (C=O) groups excluding carboxylic acids is 3. The molecule has 3 aromatic carbocycles. The number of aromatic hydroxyl groups is 2. The number of aliphatic hydroxyl groups is 3.